The summed E-state index contributed by atoms with van der Waals surface area (Å²) in [6.45, 7) is 1.63. The van der Waals surface area contributed by atoms with Crippen molar-refractivity contribution in [3.05, 3.63) is 77.1 Å². The van der Waals surface area contributed by atoms with Crippen molar-refractivity contribution in [2.24, 2.45) is 5.10 Å². The number of aromatic hydroxyl groups is 1. The predicted octanol–water partition coefficient (Wildman–Crippen LogP) is 3.76. The number of nitrogens with zero attached hydrogens (tertiary/aromatic N) is 1. The van der Waals surface area contributed by atoms with Crippen LogP contribution in [-0.4, -0.2) is 17.2 Å². The minimum atomic E-state index is -0.538. The van der Waals surface area contributed by atoms with E-state index in [1.165, 1.54) is 18.3 Å². The van der Waals surface area contributed by atoms with Gasteiger partial charge in [0.05, 0.1) is 11.8 Å². The number of nitrogens with one attached hydrogen (secondary N) is 1. The Hall–Kier alpha value is -3.21. The number of hydrogen-bond acceptors (Lipinski definition) is 3. The third kappa shape index (κ3) is 3.10. The second-order valence-electron chi connectivity index (χ2n) is 5.37. The molecule has 0 saturated carbocycles. The van der Waals surface area contributed by atoms with E-state index in [9.17, 15) is 14.3 Å². The first-order valence-corrected chi connectivity index (χ1v) is 7.36. The Kier molecular flexibility index (Phi) is 4.24. The molecule has 0 radical (unpaired) electrons. The summed E-state index contributed by atoms with van der Waals surface area (Å²) in [5, 5.41) is 15.5. The van der Waals surface area contributed by atoms with Crippen molar-refractivity contribution >= 4 is 22.9 Å². The molecule has 0 spiro atoms. The minimum Gasteiger partial charge on any atom is -0.507 e. The maximum absolute atomic E-state index is 13.4. The second kappa shape index (κ2) is 6.50. The first-order chi connectivity index (χ1) is 11.6. The summed E-state index contributed by atoms with van der Waals surface area (Å²) in [6, 6.07) is 15.2. The number of fused-ring (bicyclic) bond motifs is 1. The van der Waals surface area contributed by atoms with Crippen LogP contribution in [0.3, 0.4) is 0 Å². The van der Waals surface area contributed by atoms with E-state index in [2.05, 4.69) is 10.5 Å². The number of phenols is 1. The number of carbonyl (C=O) groups excluding carboxylic acids is 1. The molecule has 24 heavy (non-hydrogen) atoms. The Morgan fingerprint density at radius 1 is 1.12 bits per heavy atom. The lowest BCUT2D eigenvalue weighted by atomic mass is 10.1. The highest BCUT2D eigenvalue weighted by Crippen LogP contribution is 2.24. The highest BCUT2D eigenvalue weighted by molar-refractivity contribution is 6.01. The normalized spacial score (nSPS) is 11.1. The van der Waals surface area contributed by atoms with Crippen molar-refractivity contribution in [2.75, 3.05) is 0 Å². The molecule has 3 aromatic rings. The fourth-order valence-electron chi connectivity index (χ4n) is 2.39. The molecule has 0 fully saturated rings. The first-order valence-electron chi connectivity index (χ1n) is 7.36. The standard InChI is InChI=1S/C19H15FN2O2/c1-12-15(7-4-8-17(12)20)11-21-22-19(24)16-9-13-5-2-3-6-14(13)10-18(16)23/h2-11,23H,1H3,(H,22,24)/b21-11+. The number of halogens is 1. The molecule has 0 bridgehead atoms. The number of hydrogen-bond donors (Lipinski definition) is 2. The Morgan fingerprint density at radius 2 is 1.83 bits per heavy atom. The topological polar surface area (TPSA) is 61.7 Å². The van der Waals surface area contributed by atoms with Crippen LogP contribution in [0.2, 0.25) is 0 Å². The highest BCUT2D eigenvalue weighted by Gasteiger charge is 2.11. The lowest BCUT2D eigenvalue weighted by Gasteiger charge is -2.06. The Balaban J connectivity index is 1.81. The van der Waals surface area contributed by atoms with Crippen LogP contribution in [0.4, 0.5) is 4.39 Å². The molecule has 0 saturated heterocycles. The maximum Gasteiger partial charge on any atom is 0.275 e. The molecule has 0 aromatic heterocycles. The van der Waals surface area contributed by atoms with Gasteiger partial charge in [-0.3, -0.25) is 4.79 Å². The Morgan fingerprint density at radius 3 is 2.58 bits per heavy atom. The van der Waals surface area contributed by atoms with Gasteiger partial charge in [0.15, 0.2) is 0 Å². The lowest BCUT2D eigenvalue weighted by molar-refractivity contribution is 0.0952. The molecule has 0 unspecified atom stereocenters. The molecule has 120 valence electrons. The summed E-state index contributed by atoms with van der Waals surface area (Å²) >= 11 is 0. The SMILES string of the molecule is Cc1c(F)cccc1/C=N/NC(=O)c1cc2ccccc2cc1O. The van der Waals surface area contributed by atoms with Gasteiger partial charge in [0.1, 0.15) is 11.6 Å². The molecule has 0 aliphatic heterocycles. The van der Waals surface area contributed by atoms with E-state index in [4.69, 9.17) is 0 Å². The zero-order chi connectivity index (χ0) is 17.1. The van der Waals surface area contributed by atoms with Crippen molar-refractivity contribution in [3.8, 4) is 5.75 Å². The summed E-state index contributed by atoms with van der Waals surface area (Å²) in [6.07, 6.45) is 1.37. The lowest BCUT2D eigenvalue weighted by Crippen LogP contribution is -2.17. The molecule has 3 aromatic carbocycles. The van der Waals surface area contributed by atoms with E-state index >= 15 is 0 Å². The van der Waals surface area contributed by atoms with E-state index in [0.717, 1.165) is 10.8 Å². The van der Waals surface area contributed by atoms with Gasteiger partial charge < -0.3 is 5.11 Å². The van der Waals surface area contributed by atoms with Gasteiger partial charge >= 0.3 is 0 Å². The van der Waals surface area contributed by atoms with Gasteiger partial charge in [-0.15, -0.1) is 0 Å². The van der Waals surface area contributed by atoms with E-state index < -0.39 is 5.91 Å². The van der Waals surface area contributed by atoms with Gasteiger partial charge in [-0.1, -0.05) is 36.4 Å². The fraction of sp³-hybridized carbons (Fsp3) is 0.0526. The molecule has 3 rings (SSSR count). The van der Waals surface area contributed by atoms with E-state index in [0.29, 0.717) is 11.1 Å². The van der Waals surface area contributed by atoms with Crippen LogP contribution >= 0.6 is 0 Å². The van der Waals surface area contributed by atoms with Crippen molar-refractivity contribution in [2.45, 2.75) is 6.92 Å². The summed E-state index contributed by atoms with van der Waals surface area (Å²) in [4.78, 5) is 12.2. The molecule has 0 aliphatic rings. The van der Waals surface area contributed by atoms with Crippen molar-refractivity contribution in [3.63, 3.8) is 0 Å². The largest absolute Gasteiger partial charge is 0.507 e. The maximum atomic E-state index is 13.4. The molecule has 0 aliphatic carbocycles. The molecule has 1 amide bonds. The summed E-state index contributed by atoms with van der Waals surface area (Å²) in [5.41, 5.74) is 3.49. The number of hydrazone groups is 1. The zero-order valence-electron chi connectivity index (χ0n) is 13.0. The van der Waals surface area contributed by atoms with Crippen LogP contribution in [0, 0.1) is 12.7 Å². The molecule has 4 nitrogen and oxygen atoms in total. The van der Waals surface area contributed by atoms with Crippen LogP contribution in [-0.2, 0) is 0 Å². The van der Waals surface area contributed by atoms with Crippen LogP contribution in [0.1, 0.15) is 21.5 Å². The van der Waals surface area contributed by atoms with E-state index in [1.54, 1.807) is 25.1 Å². The molecular formula is C19H15FN2O2. The average Bonchev–Trinajstić information content (AvgIpc) is 2.58. The van der Waals surface area contributed by atoms with Crippen molar-refractivity contribution in [1.29, 1.82) is 0 Å². The molecule has 5 heteroatoms. The minimum absolute atomic E-state index is 0.122. The Bertz CT molecular complexity index is 951. The Labute approximate surface area is 138 Å². The molecule has 2 N–H and O–H groups in total. The van der Waals surface area contributed by atoms with Crippen molar-refractivity contribution < 1.29 is 14.3 Å². The fourth-order valence-corrected chi connectivity index (χ4v) is 2.39. The van der Waals surface area contributed by atoms with Gasteiger partial charge in [0, 0.05) is 5.56 Å². The van der Waals surface area contributed by atoms with Crippen LogP contribution in [0.25, 0.3) is 10.8 Å². The number of benzene rings is 3. The smallest absolute Gasteiger partial charge is 0.275 e. The number of rotatable bonds is 3. The predicted molar refractivity (Wildman–Crippen MR) is 91.8 cm³/mol. The number of phenolic OH excluding ortho intramolecular Hbond substituents is 1. The number of amides is 1. The van der Waals surface area contributed by atoms with Crippen LogP contribution < -0.4 is 5.43 Å². The molecular weight excluding hydrogens is 307 g/mol. The molecule has 0 heterocycles. The van der Waals surface area contributed by atoms with Gasteiger partial charge in [-0.2, -0.15) is 5.10 Å². The zero-order valence-corrected chi connectivity index (χ0v) is 13.0. The van der Waals surface area contributed by atoms with Gasteiger partial charge in [-0.05, 0) is 41.5 Å². The van der Waals surface area contributed by atoms with E-state index in [-0.39, 0.29) is 17.1 Å². The summed E-state index contributed by atoms with van der Waals surface area (Å²) in [5.74, 6) is -0.996. The van der Waals surface area contributed by atoms with Gasteiger partial charge in [0.2, 0.25) is 0 Å². The number of carbonyl (C=O) groups is 1. The molecule has 0 atom stereocenters. The van der Waals surface area contributed by atoms with E-state index in [1.807, 2.05) is 24.3 Å². The van der Waals surface area contributed by atoms with Crippen molar-refractivity contribution in [1.82, 2.24) is 5.43 Å². The second-order valence-corrected chi connectivity index (χ2v) is 5.37. The van der Waals surface area contributed by atoms with Crippen LogP contribution in [0.5, 0.6) is 5.75 Å². The first kappa shape index (κ1) is 15.7. The third-order valence-electron chi connectivity index (χ3n) is 3.79. The monoisotopic (exact) mass is 322 g/mol. The summed E-state index contributed by atoms with van der Waals surface area (Å²) < 4.78 is 13.4. The quantitative estimate of drug-likeness (QED) is 0.570. The third-order valence-corrected chi connectivity index (χ3v) is 3.79. The summed E-state index contributed by atoms with van der Waals surface area (Å²) in [7, 11) is 0. The highest BCUT2D eigenvalue weighted by atomic mass is 19.1. The average molecular weight is 322 g/mol. The van der Waals surface area contributed by atoms with Crippen LogP contribution in [0.15, 0.2) is 59.7 Å². The van der Waals surface area contributed by atoms with Gasteiger partial charge in [-0.25, -0.2) is 9.82 Å². The van der Waals surface area contributed by atoms with Gasteiger partial charge in [0.25, 0.3) is 5.91 Å².